The molecule has 2 N–H and O–H groups in total. The highest BCUT2D eigenvalue weighted by Crippen LogP contribution is 2.21. The smallest absolute Gasteiger partial charge is 0.238 e. The molecule has 0 fully saturated rings. The number of hydrogen-bond acceptors (Lipinski definition) is 5. The van der Waals surface area contributed by atoms with Gasteiger partial charge in [0.25, 0.3) is 0 Å². The summed E-state index contributed by atoms with van der Waals surface area (Å²) in [7, 11) is 0. The van der Waals surface area contributed by atoms with Gasteiger partial charge in [-0.25, -0.2) is 0 Å². The SMILES string of the molecule is CCc1cccc(C)c1NC(=O)CN(CCc1nn[nH]n1)CC(C)C. The summed E-state index contributed by atoms with van der Waals surface area (Å²) >= 11 is 0. The van der Waals surface area contributed by atoms with Crippen LogP contribution in [0.4, 0.5) is 5.69 Å². The molecule has 0 saturated carbocycles. The van der Waals surface area contributed by atoms with E-state index in [-0.39, 0.29) is 5.91 Å². The second-order valence-electron chi connectivity index (χ2n) is 6.72. The zero-order valence-electron chi connectivity index (χ0n) is 15.5. The maximum Gasteiger partial charge on any atom is 0.238 e. The maximum absolute atomic E-state index is 12.6. The van der Waals surface area contributed by atoms with E-state index >= 15 is 0 Å². The van der Waals surface area contributed by atoms with Gasteiger partial charge in [0.05, 0.1) is 6.54 Å². The van der Waals surface area contributed by atoms with Crippen LogP contribution in [0.2, 0.25) is 0 Å². The summed E-state index contributed by atoms with van der Waals surface area (Å²) in [6.45, 7) is 10.3. The van der Waals surface area contributed by atoms with E-state index in [1.807, 2.05) is 19.1 Å². The standard InChI is InChI=1S/C18H28N6O/c1-5-15-8-6-7-14(4)18(15)19-17(25)12-24(11-13(2)3)10-9-16-20-22-23-21-16/h6-8,13H,5,9-12H2,1-4H3,(H,19,25)(H,20,21,22,23). The van der Waals surface area contributed by atoms with E-state index in [0.717, 1.165) is 36.3 Å². The summed E-state index contributed by atoms with van der Waals surface area (Å²) in [4.78, 5) is 14.7. The highest BCUT2D eigenvalue weighted by atomic mass is 16.2. The van der Waals surface area contributed by atoms with E-state index in [1.54, 1.807) is 0 Å². The second-order valence-corrected chi connectivity index (χ2v) is 6.72. The van der Waals surface area contributed by atoms with Crippen LogP contribution in [0.25, 0.3) is 0 Å². The number of hydrogen-bond donors (Lipinski definition) is 2. The van der Waals surface area contributed by atoms with Gasteiger partial charge in [-0.2, -0.15) is 5.21 Å². The van der Waals surface area contributed by atoms with Gasteiger partial charge in [0, 0.05) is 25.2 Å². The third kappa shape index (κ3) is 5.94. The fourth-order valence-electron chi connectivity index (χ4n) is 2.88. The van der Waals surface area contributed by atoms with Gasteiger partial charge in [0.2, 0.25) is 5.91 Å². The van der Waals surface area contributed by atoms with E-state index in [2.05, 4.69) is 57.7 Å². The number of aryl methyl sites for hydroxylation is 2. The molecule has 0 aliphatic carbocycles. The van der Waals surface area contributed by atoms with E-state index in [4.69, 9.17) is 0 Å². The summed E-state index contributed by atoms with van der Waals surface area (Å²) in [6.07, 6.45) is 1.56. The lowest BCUT2D eigenvalue weighted by atomic mass is 10.1. The molecule has 1 aromatic carbocycles. The molecule has 0 aliphatic rings. The maximum atomic E-state index is 12.6. The number of nitrogens with one attached hydrogen (secondary N) is 2. The predicted octanol–water partition coefficient (Wildman–Crippen LogP) is 2.21. The number of H-pyrrole nitrogens is 1. The number of amides is 1. The topological polar surface area (TPSA) is 86.8 Å². The van der Waals surface area contributed by atoms with Crippen molar-refractivity contribution in [3.05, 3.63) is 35.2 Å². The molecule has 1 aromatic heterocycles. The molecule has 1 heterocycles. The fourth-order valence-corrected chi connectivity index (χ4v) is 2.88. The van der Waals surface area contributed by atoms with Crippen molar-refractivity contribution in [3.8, 4) is 0 Å². The van der Waals surface area contributed by atoms with Gasteiger partial charge in [-0.3, -0.25) is 9.69 Å². The molecule has 0 unspecified atom stereocenters. The van der Waals surface area contributed by atoms with Crippen LogP contribution in [-0.2, 0) is 17.6 Å². The van der Waals surface area contributed by atoms with Gasteiger partial charge in [0.15, 0.2) is 5.82 Å². The highest BCUT2D eigenvalue weighted by Gasteiger charge is 2.15. The Morgan fingerprint density at radius 2 is 2.16 bits per heavy atom. The summed E-state index contributed by atoms with van der Waals surface area (Å²) in [5.41, 5.74) is 3.20. The Hall–Kier alpha value is -2.28. The molecule has 2 rings (SSSR count). The van der Waals surface area contributed by atoms with Crippen molar-refractivity contribution >= 4 is 11.6 Å². The number of rotatable bonds is 9. The average molecular weight is 344 g/mol. The minimum Gasteiger partial charge on any atom is -0.324 e. The number of nitrogens with zero attached hydrogens (tertiary/aromatic N) is 4. The Balaban J connectivity index is 1.98. The zero-order chi connectivity index (χ0) is 18.2. The largest absolute Gasteiger partial charge is 0.324 e. The molecule has 0 bridgehead atoms. The van der Waals surface area contributed by atoms with Crippen LogP contribution in [0.5, 0.6) is 0 Å². The van der Waals surface area contributed by atoms with Crippen molar-refractivity contribution < 1.29 is 4.79 Å². The van der Waals surface area contributed by atoms with Crippen LogP contribution in [0.3, 0.4) is 0 Å². The number of carbonyl (C=O) groups is 1. The van der Waals surface area contributed by atoms with Crippen molar-refractivity contribution in [1.29, 1.82) is 0 Å². The molecule has 25 heavy (non-hydrogen) atoms. The van der Waals surface area contributed by atoms with Gasteiger partial charge in [-0.1, -0.05) is 44.2 Å². The van der Waals surface area contributed by atoms with Gasteiger partial charge in [-0.15, -0.1) is 10.2 Å². The first-order valence-corrected chi connectivity index (χ1v) is 8.82. The molecule has 2 aromatic rings. The Kier molecular flexibility index (Phi) is 7.06. The minimum atomic E-state index is 0.0118. The number of aromatic nitrogens is 4. The number of carbonyl (C=O) groups excluding carboxylic acids is 1. The minimum absolute atomic E-state index is 0.0118. The van der Waals surface area contributed by atoms with Gasteiger partial charge >= 0.3 is 0 Å². The van der Waals surface area contributed by atoms with Gasteiger partial charge in [0.1, 0.15) is 0 Å². The van der Waals surface area contributed by atoms with Crippen LogP contribution in [0.15, 0.2) is 18.2 Å². The second kappa shape index (κ2) is 9.27. The molecular formula is C18H28N6O. The Morgan fingerprint density at radius 3 is 2.80 bits per heavy atom. The molecule has 0 atom stereocenters. The Morgan fingerprint density at radius 1 is 1.36 bits per heavy atom. The zero-order valence-corrected chi connectivity index (χ0v) is 15.5. The molecular weight excluding hydrogens is 316 g/mol. The number of aromatic amines is 1. The quantitative estimate of drug-likeness (QED) is 0.728. The number of anilines is 1. The normalized spacial score (nSPS) is 11.3. The van der Waals surface area contributed by atoms with Crippen molar-refractivity contribution in [3.63, 3.8) is 0 Å². The summed E-state index contributed by atoms with van der Waals surface area (Å²) < 4.78 is 0. The lowest BCUT2D eigenvalue weighted by Gasteiger charge is -2.23. The lowest BCUT2D eigenvalue weighted by molar-refractivity contribution is -0.117. The van der Waals surface area contributed by atoms with E-state index in [9.17, 15) is 4.79 Å². The van der Waals surface area contributed by atoms with Crippen molar-refractivity contribution in [2.24, 2.45) is 5.92 Å². The molecule has 136 valence electrons. The van der Waals surface area contributed by atoms with Crippen molar-refractivity contribution in [1.82, 2.24) is 25.5 Å². The number of para-hydroxylation sites is 1. The van der Waals surface area contributed by atoms with Crippen molar-refractivity contribution in [2.75, 3.05) is 25.0 Å². The molecule has 7 nitrogen and oxygen atoms in total. The molecule has 0 radical (unpaired) electrons. The Labute approximate surface area is 149 Å². The first-order valence-electron chi connectivity index (χ1n) is 8.82. The van der Waals surface area contributed by atoms with E-state index < -0.39 is 0 Å². The van der Waals surface area contributed by atoms with E-state index in [1.165, 1.54) is 0 Å². The monoisotopic (exact) mass is 344 g/mol. The third-order valence-electron chi connectivity index (χ3n) is 4.04. The van der Waals surface area contributed by atoms with Crippen LogP contribution < -0.4 is 5.32 Å². The van der Waals surface area contributed by atoms with Crippen molar-refractivity contribution in [2.45, 2.75) is 40.5 Å². The van der Waals surface area contributed by atoms with Crippen LogP contribution in [0.1, 0.15) is 37.7 Å². The number of benzene rings is 1. The lowest BCUT2D eigenvalue weighted by Crippen LogP contribution is -2.37. The van der Waals surface area contributed by atoms with Crippen LogP contribution in [-0.4, -0.2) is 51.1 Å². The van der Waals surface area contributed by atoms with Crippen LogP contribution in [0, 0.1) is 12.8 Å². The average Bonchev–Trinajstić information content (AvgIpc) is 3.07. The molecule has 0 spiro atoms. The fraction of sp³-hybridized carbons (Fsp3) is 0.556. The summed E-state index contributed by atoms with van der Waals surface area (Å²) in [5, 5.41) is 17.1. The molecule has 7 heteroatoms. The van der Waals surface area contributed by atoms with Crippen LogP contribution >= 0.6 is 0 Å². The first kappa shape index (κ1) is 19.1. The first-order chi connectivity index (χ1) is 12.0. The highest BCUT2D eigenvalue weighted by molar-refractivity contribution is 5.93. The predicted molar refractivity (Wildman–Crippen MR) is 98.3 cm³/mol. The number of tetrazole rings is 1. The molecule has 1 amide bonds. The summed E-state index contributed by atoms with van der Waals surface area (Å²) in [6, 6.07) is 6.11. The van der Waals surface area contributed by atoms with Gasteiger partial charge < -0.3 is 5.32 Å². The summed E-state index contributed by atoms with van der Waals surface area (Å²) in [5.74, 6) is 1.15. The van der Waals surface area contributed by atoms with E-state index in [0.29, 0.717) is 24.7 Å². The third-order valence-corrected chi connectivity index (χ3v) is 4.04. The molecule has 0 saturated heterocycles. The van der Waals surface area contributed by atoms with Gasteiger partial charge in [-0.05, 0) is 30.4 Å². The Bertz CT molecular complexity index is 668. The molecule has 0 aliphatic heterocycles.